The number of halogens is 3. The molecule has 0 spiro atoms. The number of hydrogen-bond donors (Lipinski definition) is 0. The molecule has 0 amide bonds. The van der Waals surface area contributed by atoms with E-state index < -0.39 is 26.4 Å². The average Bonchev–Trinajstić information content (AvgIpc) is 0.866. The van der Waals surface area contributed by atoms with E-state index in [4.69, 9.17) is 39.8 Å². The van der Waals surface area contributed by atoms with E-state index in [0.29, 0.717) is 0 Å². The van der Waals surface area contributed by atoms with E-state index in [9.17, 15) is 0 Å². The molecule has 0 aliphatic heterocycles. The van der Waals surface area contributed by atoms with Gasteiger partial charge in [0.2, 0.25) is 0 Å². The Bertz CT molecular complexity index is 1700. The third-order valence-electron chi connectivity index (χ3n) is 22.5. The van der Waals surface area contributed by atoms with Gasteiger partial charge in [-0.3, -0.25) is 0 Å². The van der Waals surface area contributed by atoms with Crippen LogP contribution in [0.4, 0.5) is 0 Å². The Balaban J connectivity index is -0.000000387. The molecule has 0 saturated carbocycles. The van der Waals surface area contributed by atoms with Gasteiger partial charge in [0.25, 0.3) is 0 Å². The maximum absolute atomic E-state index is 6.44. The lowest BCUT2D eigenvalue weighted by Crippen LogP contribution is -3.00. The fraction of sp³-hybridized carbons (Fsp3) is 1.00. The Hall–Kier alpha value is 1.04. The summed E-state index contributed by atoms with van der Waals surface area (Å²) in [6, 6.07) is 2.87. The second-order valence-electron chi connectivity index (χ2n) is 35.8. The molecule has 0 N–H and O–H groups in total. The Morgan fingerprint density at radius 1 is 0.149 bits per heavy atom. The van der Waals surface area contributed by atoms with Gasteiger partial charge < -0.3 is 90.5 Å². The van der Waals surface area contributed by atoms with Crippen molar-refractivity contribution in [1.29, 1.82) is 0 Å². The smallest absolute Gasteiger partial charge is 0.501 e. The molecular weight excluding hydrogens is 1530 g/mol. The van der Waals surface area contributed by atoms with Crippen LogP contribution in [0.25, 0.3) is 0 Å². The first-order valence-corrected chi connectivity index (χ1v) is 55.9. The monoisotopic (exact) mass is 1740 g/mol. The van der Waals surface area contributed by atoms with Gasteiger partial charge in [-0.2, -0.15) is 0 Å². The minimum absolute atomic E-state index is 0. The topological polar surface area (TPSA) is 83.1 Å². The van der Waals surface area contributed by atoms with E-state index in [1.165, 1.54) is 352 Å². The molecule has 0 bridgehead atoms. The van der Waals surface area contributed by atoms with Crippen molar-refractivity contribution in [2.75, 3.05) is 141 Å². The predicted molar refractivity (Wildman–Crippen MR) is 496 cm³/mol. The molecule has 12 nitrogen and oxygen atoms in total. The Kier molecular flexibility index (Phi) is 105. The number of rotatable bonds is 90. The van der Waals surface area contributed by atoms with Crippen molar-refractivity contribution >= 4 is 26.4 Å². The summed E-state index contributed by atoms with van der Waals surface area (Å²) in [6.45, 7) is 44.2. The molecule has 696 valence electrons. The zero-order chi connectivity index (χ0) is 82.5. The van der Waals surface area contributed by atoms with E-state index in [1.54, 1.807) is 0 Å². The molecule has 0 unspecified atom stereocenters. The van der Waals surface area contributed by atoms with E-state index in [-0.39, 0.29) is 37.2 Å². The number of hydrogen-bond acceptors (Lipinski definition) is 9. The first-order chi connectivity index (χ1) is 53.9. The standard InChI is InChI=1S/C41H88NO3Si.C28H62NO3Si.C27H60NO3Si.3ClH/c1-7-12-14-16-18-20-22-24-26-28-30-32-35-42(6,36-33-31-29-27-25-23-21-19-17-15-13-8-2)37-34-41-46(43-38-9-3,44-39-10-4)45-40-11-5;1-7-11-12-13-14-15-16-17-18-19-20-21-23-29(5,6)24-22-28-33(30-25-8-2,31-26-9-3)32-27-10-4;1-7-11-12-13-14-15-16-17-18-19-20-22-28(5,6)23-21-27-32(29-24-8-2,30-25-9-3)31-26-10-4;;;/h7-41H2,1-6H3;7-28H2,1-6H3;7-27H2,1-6H3;3*1H/q3*+1;;;/p-3. The zero-order valence-electron chi connectivity index (χ0n) is 80.8. The minimum Gasteiger partial charge on any atom is -1.00 e. The van der Waals surface area contributed by atoms with Crippen LogP contribution in [0.1, 0.15) is 469 Å². The normalized spacial score (nSPS) is 12.2. The highest BCUT2D eigenvalue weighted by Crippen LogP contribution is 2.27. The van der Waals surface area contributed by atoms with Gasteiger partial charge in [-0.15, -0.1) is 0 Å². The van der Waals surface area contributed by atoms with Crippen LogP contribution in [0.5, 0.6) is 0 Å². The fourth-order valence-electron chi connectivity index (χ4n) is 15.3. The van der Waals surface area contributed by atoms with Gasteiger partial charge in [0.1, 0.15) is 0 Å². The molecule has 0 aromatic heterocycles. The lowest BCUT2D eigenvalue weighted by molar-refractivity contribution is -0.910. The quantitative estimate of drug-likeness (QED) is 0.0336. The van der Waals surface area contributed by atoms with Crippen molar-refractivity contribution in [3.63, 3.8) is 0 Å². The third kappa shape index (κ3) is 85.2. The highest BCUT2D eigenvalue weighted by Gasteiger charge is 2.44. The van der Waals surface area contributed by atoms with Crippen molar-refractivity contribution in [1.82, 2.24) is 0 Å². The van der Waals surface area contributed by atoms with Crippen molar-refractivity contribution in [3.8, 4) is 0 Å². The van der Waals surface area contributed by atoms with Gasteiger partial charge >= 0.3 is 26.4 Å². The maximum atomic E-state index is 6.44. The van der Waals surface area contributed by atoms with Crippen LogP contribution in [0.2, 0.25) is 18.1 Å². The lowest BCUT2D eigenvalue weighted by Gasteiger charge is -2.36. The lowest BCUT2D eigenvalue weighted by atomic mass is 10.0. The summed E-state index contributed by atoms with van der Waals surface area (Å²) < 4.78 is 60.3. The molecule has 0 radical (unpaired) electrons. The van der Waals surface area contributed by atoms with Crippen LogP contribution in [0, 0.1) is 0 Å². The highest BCUT2D eigenvalue weighted by atomic mass is 35.5. The van der Waals surface area contributed by atoms with Crippen LogP contribution in [-0.2, 0) is 39.8 Å². The van der Waals surface area contributed by atoms with Crippen molar-refractivity contribution in [2.24, 2.45) is 0 Å². The predicted octanol–water partition coefficient (Wildman–Crippen LogP) is 20.8. The molecule has 0 aliphatic carbocycles. The van der Waals surface area contributed by atoms with Crippen LogP contribution >= 0.6 is 0 Å². The Morgan fingerprint density at radius 2 is 0.272 bits per heavy atom. The first kappa shape index (κ1) is 126. The maximum Gasteiger partial charge on any atom is 0.501 e. The summed E-state index contributed by atoms with van der Waals surface area (Å²) in [5.74, 6) is 0. The van der Waals surface area contributed by atoms with E-state index in [2.05, 4.69) is 125 Å². The van der Waals surface area contributed by atoms with Gasteiger partial charge in [-0.05, 0) is 109 Å². The molecular formula is C96H210Cl3N3O9Si3. The van der Waals surface area contributed by atoms with Crippen LogP contribution in [0.15, 0.2) is 0 Å². The third-order valence-corrected chi connectivity index (χ3v) is 31.2. The molecule has 114 heavy (non-hydrogen) atoms. The van der Waals surface area contributed by atoms with Crippen molar-refractivity contribution < 1.29 is 90.5 Å². The number of quaternary nitrogens is 3. The molecule has 0 fully saturated rings. The van der Waals surface area contributed by atoms with Gasteiger partial charge in [-0.1, -0.05) is 340 Å². The summed E-state index contributed by atoms with van der Waals surface area (Å²) in [6.07, 6.45) is 79.3. The highest BCUT2D eigenvalue weighted by molar-refractivity contribution is 6.61. The molecule has 0 heterocycles. The van der Waals surface area contributed by atoms with Gasteiger partial charge in [-0.25, -0.2) is 0 Å². The summed E-state index contributed by atoms with van der Waals surface area (Å²) in [5.41, 5.74) is 0. The van der Waals surface area contributed by atoms with Crippen LogP contribution < -0.4 is 37.2 Å². The molecule has 0 aromatic rings. The van der Waals surface area contributed by atoms with Gasteiger partial charge in [0.05, 0.1) is 81.1 Å². The molecule has 0 atom stereocenters. The van der Waals surface area contributed by atoms with Crippen molar-refractivity contribution in [3.05, 3.63) is 0 Å². The summed E-state index contributed by atoms with van der Waals surface area (Å²) in [7, 11) is 4.40. The summed E-state index contributed by atoms with van der Waals surface area (Å²) in [4.78, 5) is 0. The first-order valence-electron chi connectivity index (χ1n) is 50.1. The van der Waals surface area contributed by atoms with E-state index >= 15 is 0 Å². The minimum atomic E-state index is -2.61. The van der Waals surface area contributed by atoms with E-state index in [1.807, 2.05) is 0 Å². The summed E-state index contributed by atoms with van der Waals surface area (Å²) >= 11 is 0. The molecule has 18 heteroatoms. The second kappa shape index (κ2) is 94.7. The van der Waals surface area contributed by atoms with Crippen LogP contribution in [0.3, 0.4) is 0 Å². The number of nitrogens with zero attached hydrogens (tertiary/aromatic N) is 3. The second-order valence-corrected chi connectivity index (χ2v) is 44.0. The Labute approximate surface area is 739 Å². The average molecular weight is 1740 g/mol. The van der Waals surface area contributed by atoms with E-state index in [0.717, 1.165) is 164 Å². The molecule has 0 saturated heterocycles. The molecule has 0 aliphatic rings. The fourth-order valence-corrected chi connectivity index (χ4v) is 23.7. The molecule has 0 rings (SSSR count). The number of unbranched alkanes of at least 4 members (excludes halogenated alkanes) is 43. The van der Waals surface area contributed by atoms with Crippen molar-refractivity contribution in [2.45, 2.75) is 487 Å². The van der Waals surface area contributed by atoms with Gasteiger partial charge in [0, 0.05) is 96.9 Å². The zero-order valence-corrected chi connectivity index (χ0v) is 86.1. The van der Waals surface area contributed by atoms with Crippen LogP contribution in [-0.4, -0.2) is 180 Å². The molecule has 0 aromatic carbocycles. The largest absolute Gasteiger partial charge is 1.00 e. The summed E-state index contributed by atoms with van der Waals surface area (Å²) in [5, 5.41) is 0. The SMILES string of the molecule is CCCCCCCCCCCCCC[N+](C)(C)CCC[Si](OCCC)(OCCC)OCCC.CCCCCCCCCCCCCC[N+](C)(CCCCCCCCCCCCCC)CCC[Si](OCCC)(OCCC)OCCC.CCCCCCCCCCCCC[N+](C)(C)CCC[Si](OCCC)(OCCC)OCCC.[Cl-].[Cl-].[Cl-]. The Morgan fingerprint density at radius 3 is 0.430 bits per heavy atom. The van der Waals surface area contributed by atoms with Gasteiger partial charge in [0.15, 0.2) is 0 Å².